The van der Waals surface area contributed by atoms with Crippen molar-refractivity contribution < 1.29 is 13.2 Å². The zero-order valence-electron chi connectivity index (χ0n) is 18.6. The van der Waals surface area contributed by atoms with E-state index in [0.717, 1.165) is 44.5 Å². The monoisotopic (exact) mass is 455 g/mol. The van der Waals surface area contributed by atoms with Crippen LogP contribution in [0.4, 0.5) is 0 Å². The number of nitrogens with zero attached hydrogens (tertiary/aromatic N) is 2. The third-order valence-corrected chi connectivity index (χ3v) is 8.42. The number of sulfonamides is 1. The van der Waals surface area contributed by atoms with Gasteiger partial charge in [-0.3, -0.25) is 9.69 Å². The molecule has 0 spiro atoms. The smallest absolute Gasteiger partial charge is 0.252 e. The van der Waals surface area contributed by atoms with Crippen LogP contribution >= 0.6 is 0 Å². The van der Waals surface area contributed by atoms with Crippen molar-refractivity contribution in [2.24, 2.45) is 0 Å². The molecule has 2 fully saturated rings. The Hall–Kier alpha value is -2.22. The average molecular weight is 456 g/mol. The largest absolute Gasteiger partial charge is 0.348 e. The van der Waals surface area contributed by atoms with E-state index in [1.807, 2.05) is 18.2 Å². The molecule has 2 aliphatic heterocycles. The second kappa shape index (κ2) is 10.6. The van der Waals surface area contributed by atoms with Gasteiger partial charge in [0.15, 0.2) is 0 Å². The molecule has 0 unspecified atom stereocenters. The summed E-state index contributed by atoms with van der Waals surface area (Å²) >= 11 is 0. The highest BCUT2D eigenvalue weighted by Gasteiger charge is 2.29. The molecule has 0 radical (unpaired) electrons. The van der Waals surface area contributed by atoms with E-state index >= 15 is 0 Å². The summed E-state index contributed by atoms with van der Waals surface area (Å²) in [4.78, 5) is 15.6. The van der Waals surface area contributed by atoms with Gasteiger partial charge in [-0.2, -0.15) is 4.31 Å². The predicted octanol–water partition coefficient (Wildman–Crippen LogP) is 3.78. The number of rotatable bonds is 7. The minimum absolute atomic E-state index is 0.0981. The van der Waals surface area contributed by atoms with Crippen molar-refractivity contribution in [2.75, 3.05) is 26.2 Å². The predicted molar refractivity (Wildman–Crippen MR) is 126 cm³/mol. The van der Waals surface area contributed by atoms with Gasteiger partial charge < -0.3 is 5.32 Å². The lowest BCUT2D eigenvalue weighted by Gasteiger charge is -2.27. The van der Waals surface area contributed by atoms with Crippen LogP contribution in [0.25, 0.3) is 0 Å². The third-order valence-electron chi connectivity index (χ3n) is 6.46. The lowest BCUT2D eigenvalue weighted by atomic mass is 10.0. The maximum atomic E-state index is 13.2. The van der Waals surface area contributed by atoms with Crippen molar-refractivity contribution in [3.8, 4) is 0 Å². The molecule has 0 bridgehead atoms. The van der Waals surface area contributed by atoms with Crippen molar-refractivity contribution in [1.29, 1.82) is 0 Å². The zero-order valence-corrected chi connectivity index (χ0v) is 19.4. The number of carbonyl (C=O) groups is 1. The van der Waals surface area contributed by atoms with E-state index in [4.69, 9.17) is 0 Å². The molecule has 2 aliphatic rings. The van der Waals surface area contributed by atoms with Crippen LogP contribution in [-0.4, -0.2) is 49.7 Å². The van der Waals surface area contributed by atoms with Crippen LogP contribution in [0, 0.1) is 0 Å². The van der Waals surface area contributed by atoms with E-state index in [1.54, 1.807) is 24.3 Å². The van der Waals surface area contributed by atoms with Gasteiger partial charge in [0.05, 0.1) is 10.5 Å². The minimum atomic E-state index is -3.68. The van der Waals surface area contributed by atoms with Gasteiger partial charge in [0.25, 0.3) is 5.91 Å². The maximum Gasteiger partial charge on any atom is 0.252 e. The minimum Gasteiger partial charge on any atom is -0.348 e. The second-order valence-electron chi connectivity index (χ2n) is 8.75. The average Bonchev–Trinajstić information content (AvgIpc) is 2.84. The van der Waals surface area contributed by atoms with Crippen LogP contribution < -0.4 is 5.32 Å². The van der Waals surface area contributed by atoms with Crippen LogP contribution in [0.2, 0.25) is 0 Å². The molecule has 0 aromatic heterocycles. The summed E-state index contributed by atoms with van der Waals surface area (Å²) in [5, 5.41) is 2.97. The van der Waals surface area contributed by atoms with Crippen molar-refractivity contribution in [1.82, 2.24) is 14.5 Å². The SMILES string of the molecule is O=C(NCc1ccccc1CN1CCCCC1)c1ccccc1S(=O)(=O)N1CCCCC1. The van der Waals surface area contributed by atoms with Gasteiger partial charge >= 0.3 is 0 Å². The van der Waals surface area contributed by atoms with E-state index in [1.165, 1.54) is 29.1 Å². The summed E-state index contributed by atoms with van der Waals surface area (Å²) in [5.41, 5.74) is 2.50. The first-order chi connectivity index (χ1) is 15.6. The number of likely N-dealkylation sites (tertiary alicyclic amines) is 1. The molecule has 1 N–H and O–H groups in total. The Morgan fingerprint density at radius 1 is 0.781 bits per heavy atom. The Morgan fingerprint density at radius 3 is 2.09 bits per heavy atom. The van der Waals surface area contributed by atoms with Crippen molar-refractivity contribution in [2.45, 2.75) is 56.5 Å². The topological polar surface area (TPSA) is 69.7 Å². The molecule has 32 heavy (non-hydrogen) atoms. The molecule has 6 nitrogen and oxygen atoms in total. The van der Waals surface area contributed by atoms with Crippen LogP contribution in [-0.2, 0) is 23.1 Å². The van der Waals surface area contributed by atoms with Gasteiger partial charge in [-0.1, -0.05) is 49.2 Å². The fourth-order valence-electron chi connectivity index (χ4n) is 4.64. The molecule has 0 saturated carbocycles. The quantitative estimate of drug-likeness (QED) is 0.690. The standard InChI is InChI=1S/C25H33N3O3S/c29-25(23-13-5-6-14-24(23)32(30,31)28-17-9-2-10-18-28)26-19-21-11-3-4-12-22(21)20-27-15-7-1-8-16-27/h3-6,11-14H,1-2,7-10,15-20H2,(H,26,29). The van der Waals surface area contributed by atoms with Gasteiger partial charge in [0, 0.05) is 26.2 Å². The first kappa shape index (κ1) is 23.0. The molecule has 1 amide bonds. The normalized spacial score (nSPS) is 18.4. The Labute approximate surface area is 191 Å². The van der Waals surface area contributed by atoms with Gasteiger partial charge in [0.2, 0.25) is 10.0 Å². The Kier molecular flexibility index (Phi) is 7.60. The van der Waals surface area contributed by atoms with Crippen LogP contribution in [0.3, 0.4) is 0 Å². The van der Waals surface area contributed by atoms with Crippen molar-refractivity contribution >= 4 is 15.9 Å². The summed E-state index contributed by atoms with van der Waals surface area (Å²) in [6.07, 6.45) is 6.55. The fourth-order valence-corrected chi connectivity index (χ4v) is 6.34. The van der Waals surface area contributed by atoms with Crippen LogP contribution in [0.1, 0.15) is 60.0 Å². The number of carbonyl (C=O) groups excluding carboxylic acids is 1. The summed E-state index contributed by atoms with van der Waals surface area (Å²) in [6.45, 7) is 4.52. The number of nitrogens with one attached hydrogen (secondary N) is 1. The molecule has 2 heterocycles. The number of amides is 1. The lowest BCUT2D eigenvalue weighted by molar-refractivity contribution is 0.0947. The lowest BCUT2D eigenvalue weighted by Crippen LogP contribution is -2.37. The molecule has 2 aromatic carbocycles. The van der Waals surface area contributed by atoms with Crippen molar-refractivity contribution in [3.05, 3.63) is 65.2 Å². The third kappa shape index (κ3) is 5.39. The highest BCUT2D eigenvalue weighted by atomic mass is 32.2. The summed E-state index contributed by atoms with van der Waals surface area (Å²) in [6, 6.07) is 14.7. The Morgan fingerprint density at radius 2 is 1.38 bits per heavy atom. The number of hydrogen-bond donors (Lipinski definition) is 1. The molecule has 172 valence electrons. The molecule has 2 aromatic rings. The molecule has 4 rings (SSSR count). The van der Waals surface area contributed by atoms with E-state index in [0.29, 0.717) is 19.6 Å². The van der Waals surface area contributed by atoms with Crippen LogP contribution in [0.5, 0.6) is 0 Å². The van der Waals surface area contributed by atoms with Gasteiger partial charge in [0.1, 0.15) is 0 Å². The first-order valence-corrected chi connectivity index (χ1v) is 13.2. The van der Waals surface area contributed by atoms with Crippen molar-refractivity contribution in [3.63, 3.8) is 0 Å². The second-order valence-corrected chi connectivity index (χ2v) is 10.7. The molecule has 0 aliphatic carbocycles. The summed E-state index contributed by atoms with van der Waals surface area (Å²) < 4.78 is 27.9. The summed E-state index contributed by atoms with van der Waals surface area (Å²) in [5.74, 6) is -0.353. The fraction of sp³-hybridized carbons (Fsp3) is 0.480. The number of hydrogen-bond acceptors (Lipinski definition) is 4. The number of benzene rings is 2. The summed E-state index contributed by atoms with van der Waals surface area (Å²) in [7, 11) is -3.68. The van der Waals surface area contributed by atoms with E-state index in [9.17, 15) is 13.2 Å². The molecule has 0 atom stereocenters. The highest BCUT2D eigenvalue weighted by Crippen LogP contribution is 2.24. The van der Waals surface area contributed by atoms with Gasteiger partial charge in [-0.25, -0.2) is 8.42 Å². The molecule has 7 heteroatoms. The Bertz CT molecular complexity index is 1030. The Balaban J connectivity index is 1.48. The van der Waals surface area contributed by atoms with E-state index in [2.05, 4.69) is 16.3 Å². The van der Waals surface area contributed by atoms with Gasteiger partial charge in [-0.15, -0.1) is 0 Å². The molecular formula is C25H33N3O3S. The first-order valence-electron chi connectivity index (χ1n) is 11.7. The highest BCUT2D eigenvalue weighted by molar-refractivity contribution is 7.89. The van der Waals surface area contributed by atoms with E-state index in [-0.39, 0.29) is 16.4 Å². The number of piperidine rings is 2. The zero-order chi connectivity index (χ0) is 22.4. The maximum absolute atomic E-state index is 13.2. The molecule has 2 saturated heterocycles. The van der Waals surface area contributed by atoms with Gasteiger partial charge in [-0.05, 0) is 62.0 Å². The van der Waals surface area contributed by atoms with Crippen LogP contribution in [0.15, 0.2) is 53.4 Å². The van der Waals surface area contributed by atoms with E-state index < -0.39 is 10.0 Å². The molecular weight excluding hydrogens is 422 g/mol.